The van der Waals surface area contributed by atoms with Crippen LogP contribution in [0, 0.1) is 0 Å². The van der Waals surface area contributed by atoms with E-state index in [2.05, 4.69) is 0 Å². The molecule has 1 amide bonds. The van der Waals surface area contributed by atoms with Crippen molar-refractivity contribution in [2.24, 2.45) is 7.05 Å². The number of amides is 1. The standard InChI is InChI=1S/C17H20N2O3S/c1-13-12-23(21,22)10-9-19(13)17(20)8-7-14-11-18(2)16-6-4-3-5-15(14)16/h3-8,11,13H,9-10,12H2,1-2H3/b8-7+. The number of aryl methyl sites for hydroxylation is 1. The largest absolute Gasteiger partial charge is 0.350 e. The van der Waals surface area contributed by atoms with Crippen LogP contribution >= 0.6 is 0 Å². The third kappa shape index (κ3) is 3.17. The maximum absolute atomic E-state index is 12.4. The average Bonchev–Trinajstić information content (AvgIpc) is 2.81. The number of benzene rings is 1. The summed E-state index contributed by atoms with van der Waals surface area (Å²) < 4.78 is 25.2. The van der Waals surface area contributed by atoms with Gasteiger partial charge in [0.25, 0.3) is 0 Å². The Morgan fingerprint density at radius 1 is 1.30 bits per heavy atom. The molecule has 0 N–H and O–H groups in total. The second-order valence-corrected chi connectivity index (χ2v) is 8.27. The van der Waals surface area contributed by atoms with E-state index in [1.165, 1.54) is 6.08 Å². The molecule has 1 saturated heterocycles. The molecule has 122 valence electrons. The van der Waals surface area contributed by atoms with Gasteiger partial charge in [-0.25, -0.2) is 8.42 Å². The van der Waals surface area contributed by atoms with E-state index in [1.54, 1.807) is 17.9 Å². The maximum Gasteiger partial charge on any atom is 0.246 e. The molecule has 3 rings (SSSR count). The van der Waals surface area contributed by atoms with Crippen molar-refractivity contribution in [1.29, 1.82) is 0 Å². The fourth-order valence-electron chi connectivity index (χ4n) is 3.09. The number of rotatable bonds is 2. The molecule has 23 heavy (non-hydrogen) atoms. The van der Waals surface area contributed by atoms with Crippen LogP contribution in [0.25, 0.3) is 17.0 Å². The summed E-state index contributed by atoms with van der Waals surface area (Å²) in [6, 6.07) is 7.73. The van der Waals surface area contributed by atoms with Crippen molar-refractivity contribution in [2.75, 3.05) is 18.1 Å². The Morgan fingerprint density at radius 3 is 2.78 bits per heavy atom. The second kappa shape index (κ2) is 5.85. The topological polar surface area (TPSA) is 59.4 Å². The zero-order chi connectivity index (χ0) is 16.6. The van der Waals surface area contributed by atoms with Gasteiger partial charge in [-0.2, -0.15) is 0 Å². The first-order valence-corrected chi connectivity index (χ1v) is 9.43. The second-order valence-electron chi connectivity index (χ2n) is 6.04. The van der Waals surface area contributed by atoms with Gasteiger partial charge in [0.2, 0.25) is 5.91 Å². The van der Waals surface area contributed by atoms with Crippen LogP contribution in [-0.2, 0) is 21.7 Å². The Morgan fingerprint density at radius 2 is 2.04 bits per heavy atom. The van der Waals surface area contributed by atoms with Gasteiger partial charge in [0.15, 0.2) is 9.84 Å². The molecule has 0 aliphatic carbocycles. The van der Waals surface area contributed by atoms with Crippen molar-refractivity contribution >= 4 is 32.7 Å². The molecule has 1 aliphatic rings. The molecule has 0 spiro atoms. The van der Waals surface area contributed by atoms with Crippen LogP contribution in [0.5, 0.6) is 0 Å². The van der Waals surface area contributed by atoms with Gasteiger partial charge in [-0.15, -0.1) is 0 Å². The highest BCUT2D eigenvalue weighted by molar-refractivity contribution is 7.91. The van der Waals surface area contributed by atoms with E-state index >= 15 is 0 Å². The molecular formula is C17H20N2O3S. The summed E-state index contributed by atoms with van der Waals surface area (Å²) in [5.41, 5.74) is 2.09. The van der Waals surface area contributed by atoms with Crippen molar-refractivity contribution < 1.29 is 13.2 Å². The smallest absolute Gasteiger partial charge is 0.246 e. The lowest BCUT2D eigenvalue weighted by Gasteiger charge is -2.32. The van der Waals surface area contributed by atoms with Crippen LogP contribution in [-0.4, -0.2) is 47.9 Å². The molecule has 1 unspecified atom stereocenters. The monoisotopic (exact) mass is 332 g/mol. The third-order valence-electron chi connectivity index (χ3n) is 4.29. The molecule has 1 aromatic heterocycles. The molecule has 0 bridgehead atoms. The van der Waals surface area contributed by atoms with Crippen LogP contribution in [0.4, 0.5) is 0 Å². The number of nitrogens with zero attached hydrogens (tertiary/aromatic N) is 2. The lowest BCUT2D eigenvalue weighted by molar-refractivity contribution is -0.127. The Bertz CT molecular complexity index is 880. The Labute approximate surface area is 136 Å². The highest BCUT2D eigenvalue weighted by Gasteiger charge is 2.30. The van der Waals surface area contributed by atoms with Crippen LogP contribution in [0.2, 0.25) is 0 Å². The lowest BCUT2D eigenvalue weighted by atomic mass is 10.1. The van der Waals surface area contributed by atoms with Crippen molar-refractivity contribution in [2.45, 2.75) is 13.0 Å². The minimum atomic E-state index is -3.01. The number of sulfone groups is 1. The first-order chi connectivity index (χ1) is 10.9. The quantitative estimate of drug-likeness (QED) is 0.789. The third-order valence-corrected chi connectivity index (χ3v) is 6.08. The summed E-state index contributed by atoms with van der Waals surface area (Å²) in [6.07, 6.45) is 5.33. The van der Waals surface area contributed by atoms with Crippen LogP contribution < -0.4 is 0 Å². The Balaban J connectivity index is 1.81. The van der Waals surface area contributed by atoms with E-state index in [1.807, 2.05) is 42.1 Å². The summed E-state index contributed by atoms with van der Waals surface area (Å²) in [4.78, 5) is 14.0. The van der Waals surface area contributed by atoms with E-state index in [0.29, 0.717) is 0 Å². The van der Waals surface area contributed by atoms with Gasteiger partial charge in [0, 0.05) is 48.4 Å². The number of carbonyl (C=O) groups excluding carboxylic acids is 1. The summed E-state index contributed by atoms with van der Waals surface area (Å²) in [5, 5.41) is 1.09. The molecule has 1 fully saturated rings. The highest BCUT2D eigenvalue weighted by atomic mass is 32.2. The Kier molecular flexibility index (Phi) is 4.02. The number of para-hydroxylation sites is 1. The van der Waals surface area contributed by atoms with E-state index in [9.17, 15) is 13.2 Å². The number of hydrogen-bond donors (Lipinski definition) is 0. The molecule has 1 aromatic carbocycles. The van der Waals surface area contributed by atoms with Gasteiger partial charge in [0.05, 0.1) is 11.5 Å². The number of fused-ring (bicyclic) bond motifs is 1. The van der Waals surface area contributed by atoms with E-state index < -0.39 is 9.84 Å². The van der Waals surface area contributed by atoms with Crippen molar-refractivity contribution in [3.8, 4) is 0 Å². The molecule has 0 saturated carbocycles. The summed E-state index contributed by atoms with van der Waals surface area (Å²) in [7, 11) is -1.04. The number of carbonyl (C=O) groups is 1. The predicted molar refractivity (Wildman–Crippen MR) is 91.8 cm³/mol. The maximum atomic E-state index is 12.4. The van der Waals surface area contributed by atoms with E-state index in [-0.39, 0.29) is 30.0 Å². The molecule has 0 radical (unpaired) electrons. The van der Waals surface area contributed by atoms with Crippen LogP contribution in [0.3, 0.4) is 0 Å². The minimum Gasteiger partial charge on any atom is -0.350 e. The summed E-state index contributed by atoms with van der Waals surface area (Å²) >= 11 is 0. The van der Waals surface area contributed by atoms with E-state index in [4.69, 9.17) is 0 Å². The molecule has 6 heteroatoms. The van der Waals surface area contributed by atoms with Gasteiger partial charge < -0.3 is 9.47 Å². The fourth-order valence-corrected chi connectivity index (χ4v) is 4.65. The average molecular weight is 332 g/mol. The molecule has 5 nitrogen and oxygen atoms in total. The Hall–Kier alpha value is -2.08. The normalized spacial score (nSPS) is 21.1. The van der Waals surface area contributed by atoms with Crippen molar-refractivity contribution in [3.05, 3.63) is 42.1 Å². The summed E-state index contributed by atoms with van der Waals surface area (Å²) in [6.45, 7) is 2.04. The zero-order valence-corrected chi connectivity index (χ0v) is 14.1. The minimum absolute atomic E-state index is 0.0425. The zero-order valence-electron chi connectivity index (χ0n) is 13.3. The fraction of sp³-hybridized carbons (Fsp3) is 0.353. The number of hydrogen-bond acceptors (Lipinski definition) is 3. The van der Waals surface area contributed by atoms with Crippen LogP contribution in [0.15, 0.2) is 36.5 Å². The molecule has 2 heterocycles. The number of aromatic nitrogens is 1. The van der Waals surface area contributed by atoms with Gasteiger partial charge in [-0.1, -0.05) is 18.2 Å². The molecule has 1 atom stereocenters. The molecular weight excluding hydrogens is 312 g/mol. The first-order valence-electron chi connectivity index (χ1n) is 7.60. The van der Waals surface area contributed by atoms with Crippen molar-refractivity contribution in [3.63, 3.8) is 0 Å². The van der Waals surface area contributed by atoms with Gasteiger partial charge >= 0.3 is 0 Å². The molecule has 1 aliphatic heterocycles. The van der Waals surface area contributed by atoms with Crippen LogP contribution in [0.1, 0.15) is 12.5 Å². The molecule has 2 aromatic rings. The highest BCUT2D eigenvalue weighted by Crippen LogP contribution is 2.21. The van der Waals surface area contributed by atoms with E-state index in [0.717, 1.165) is 16.5 Å². The van der Waals surface area contributed by atoms with Gasteiger partial charge in [-0.05, 0) is 19.1 Å². The predicted octanol–water partition coefficient (Wildman–Crippen LogP) is 1.84. The van der Waals surface area contributed by atoms with Gasteiger partial charge in [-0.3, -0.25) is 4.79 Å². The summed E-state index contributed by atoms with van der Waals surface area (Å²) in [5.74, 6) is -0.0493. The van der Waals surface area contributed by atoms with Gasteiger partial charge in [0.1, 0.15) is 0 Å². The lowest BCUT2D eigenvalue weighted by Crippen LogP contribution is -2.49. The first kappa shape index (κ1) is 15.8. The SMILES string of the molecule is CC1CS(=O)(=O)CCN1C(=O)/C=C/c1cn(C)c2ccccc12. The van der Waals surface area contributed by atoms with Crippen molar-refractivity contribution in [1.82, 2.24) is 9.47 Å².